The monoisotopic (exact) mass is 1560 g/mol. The van der Waals surface area contributed by atoms with E-state index in [-0.39, 0.29) is 25.7 Å². The number of phosphoric acid groups is 2. The summed E-state index contributed by atoms with van der Waals surface area (Å²) < 4.78 is 68.7. The molecule has 2 unspecified atom stereocenters. The lowest BCUT2D eigenvalue weighted by Crippen LogP contribution is -2.30. The third kappa shape index (κ3) is 79.5. The molecule has 0 bridgehead atoms. The second kappa shape index (κ2) is 80.5. The van der Waals surface area contributed by atoms with Crippen molar-refractivity contribution in [2.75, 3.05) is 39.6 Å². The average molecular weight is 1560 g/mol. The van der Waals surface area contributed by atoms with E-state index in [4.69, 9.17) is 37.0 Å². The van der Waals surface area contributed by atoms with Gasteiger partial charge in [-0.3, -0.25) is 37.3 Å². The number of phosphoric ester groups is 2. The van der Waals surface area contributed by atoms with Gasteiger partial charge in [0.2, 0.25) is 0 Å². The lowest BCUT2D eigenvalue weighted by Gasteiger charge is -2.21. The Bertz CT molecular complexity index is 2520. The highest BCUT2D eigenvalue weighted by Crippen LogP contribution is 2.45. The summed E-state index contributed by atoms with van der Waals surface area (Å²) in [6.45, 7) is 4.68. The van der Waals surface area contributed by atoms with Crippen LogP contribution in [-0.4, -0.2) is 96.7 Å². The van der Waals surface area contributed by atoms with Crippen LogP contribution in [0.4, 0.5) is 0 Å². The van der Waals surface area contributed by atoms with Crippen LogP contribution in [0.2, 0.25) is 0 Å². The van der Waals surface area contributed by atoms with E-state index in [1.54, 1.807) is 0 Å². The summed E-state index contributed by atoms with van der Waals surface area (Å²) >= 11 is 0. The molecule has 19 heteroatoms. The van der Waals surface area contributed by atoms with Crippen molar-refractivity contribution in [3.63, 3.8) is 0 Å². The number of allylic oxidation sites excluding steroid dienone is 20. The van der Waals surface area contributed by atoms with Crippen LogP contribution < -0.4 is 0 Å². The van der Waals surface area contributed by atoms with E-state index in [1.807, 2.05) is 18.2 Å². The highest BCUT2D eigenvalue weighted by molar-refractivity contribution is 7.47. The van der Waals surface area contributed by atoms with Gasteiger partial charge in [0.05, 0.1) is 26.4 Å². The van der Waals surface area contributed by atoms with Crippen LogP contribution in [0.1, 0.15) is 362 Å². The van der Waals surface area contributed by atoms with Gasteiger partial charge < -0.3 is 33.8 Å². The van der Waals surface area contributed by atoms with E-state index in [1.165, 1.54) is 154 Å². The molecule has 0 aliphatic carbocycles. The third-order valence-corrected chi connectivity index (χ3v) is 19.9. The lowest BCUT2D eigenvalue weighted by molar-refractivity contribution is -0.161. The molecule has 17 nitrogen and oxygen atoms in total. The minimum Gasteiger partial charge on any atom is -0.462 e. The van der Waals surface area contributed by atoms with Crippen molar-refractivity contribution in [1.82, 2.24) is 0 Å². The molecule has 5 atom stereocenters. The molecule has 0 spiro atoms. The van der Waals surface area contributed by atoms with Gasteiger partial charge in [0, 0.05) is 25.7 Å². The summed E-state index contributed by atoms with van der Waals surface area (Å²) in [5.74, 6) is -2.29. The van der Waals surface area contributed by atoms with E-state index in [9.17, 15) is 43.2 Å². The normalized spacial score (nSPS) is 14.4. The van der Waals surface area contributed by atoms with Crippen molar-refractivity contribution in [3.8, 4) is 0 Å². The molecule has 0 heterocycles. The number of hydrogen-bond acceptors (Lipinski definition) is 15. The first-order valence-corrected chi connectivity index (χ1v) is 45.8. The number of aliphatic hydroxyl groups is 1. The van der Waals surface area contributed by atoms with E-state index in [0.717, 1.165) is 122 Å². The molecule has 0 aliphatic rings. The first-order valence-electron chi connectivity index (χ1n) is 42.8. The maximum Gasteiger partial charge on any atom is 0.472 e. The van der Waals surface area contributed by atoms with Crippen molar-refractivity contribution in [3.05, 3.63) is 122 Å². The molecule has 0 saturated carbocycles. The lowest BCUT2D eigenvalue weighted by atomic mass is 10.0. The van der Waals surface area contributed by atoms with Gasteiger partial charge in [0.25, 0.3) is 0 Å². The number of aliphatic hydroxyl groups excluding tert-OH is 1. The third-order valence-electron chi connectivity index (χ3n) is 18.0. The number of esters is 4. The predicted molar refractivity (Wildman–Crippen MR) is 445 cm³/mol. The predicted octanol–water partition coefficient (Wildman–Crippen LogP) is 25.5. The zero-order chi connectivity index (χ0) is 78.9. The van der Waals surface area contributed by atoms with Gasteiger partial charge in [0.1, 0.15) is 19.3 Å². The molecule has 3 N–H and O–H groups in total. The quantitative estimate of drug-likeness (QED) is 0.0169. The highest BCUT2D eigenvalue weighted by atomic mass is 31.2. The molecule has 0 radical (unpaired) electrons. The molecule has 0 aromatic carbocycles. The van der Waals surface area contributed by atoms with Crippen LogP contribution in [-0.2, 0) is 65.4 Å². The van der Waals surface area contributed by atoms with E-state index in [2.05, 4.69) is 131 Å². The number of rotatable bonds is 80. The van der Waals surface area contributed by atoms with Crippen molar-refractivity contribution >= 4 is 39.5 Å². The van der Waals surface area contributed by atoms with Crippen molar-refractivity contribution < 1.29 is 80.2 Å². The Morgan fingerprint density at radius 3 is 0.815 bits per heavy atom. The Kier molecular flexibility index (Phi) is 77.1. The highest BCUT2D eigenvalue weighted by Gasteiger charge is 2.30. The van der Waals surface area contributed by atoms with Crippen LogP contribution >= 0.6 is 15.6 Å². The van der Waals surface area contributed by atoms with Gasteiger partial charge in [-0.15, -0.1) is 0 Å². The first-order chi connectivity index (χ1) is 52.7. The summed E-state index contributed by atoms with van der Waals surface area (Å²) in [4.78, 5) is 73.2. The van der Waals surface area contributed by atoms with Crippen LogP contribution in [0.3, 0.4) is 0 Å². The maximum absolute atomic E-state index is 13.1. The summed E-state index contributed by atoms with van der Waals surface area (Å²) in [6.07, 6.45) is 90.3. The standard InChI is InChI=1S/C89H154O17P2/c1-5-9-13-17-21-25-29-33-37-39-41-43-47-50-54-58-62-66-70-74-87(92)100-80-85(106-89(94)76-72-68-64-60-56-52-48-44-42-40-38-34-30-26-22-18-14-10-6-2)82-104-108(97,98)102-78-83(90)77-101-107(95,96)103-81-84(105-88(93)75-71-67-63-59-55-51-46-36-32-28-24-20-16-12-8-4)79-99-86(91)73-69-65-61-57-53-49-45-35-31-27-23-19-15-11-7-3/h9,13,21-22,25-26,33-34,37-38,41-44,50,52,54,56,64,68,83-85,90H,5-8,10-12,14-20,23-24,27-32,35-36,39-40,45-49,51,53,55,57-63,65-67,69-82H2,1-4H3,(H,95,96)(H,97,98)/b13-9-,25-21-,26-22-,37-33-,38-34-,43-41-,44-42-,54-50-,56-52-,68-64-/t83-,84+,85+/m0/s1. The van der Waals surface area contributed by atoms with Crippen LogP contribution in [0.15, 0.2) is 122 Å². The molecule has 0 aliphatic heterocycles. The van der Waals surface area contributed by atoms with Crippen LogP contribution in [0, 0.1) is 0 Å². The minimum atomic E-state index is -5.01. The number of unbranched alkanes of at least 4 members (excludes halogenated alkanes) is 34. The van der Waals surface area contributed by atoms with Gasteiger partial charge in [-0.05, 0) is 109 Å². The molecule has 0 aromatic heterocycles. The largest absolute Gasteiger partial charge is 0.472 e. The van der Waals surface area contributed by atoms with E-state index in [0.29, 0.717) is 32.1 Å². The van der Waals surface area contributed by atoms with Crippen molar-refractivity contribution in [2.45, 2.75) is 380 Å². The fraction of sp³-hybridized carbons (Fsp3) is 0.730. The fourth-order valence-electron chi connectivity index (χ4n) is 11.5. The van der Waals surface area contributed by atoms with Gasteiger partial charge in [-0.2, -0.15) is 0 Å². The number of carbonyl (C=O) groups excluding carboxylic acids is 4. The molecule has 0 rings (SSSR count). The van der Waals surface area contributed by atoms with Crippen molar-refractivity contribution in [1.29, 1.82) is 0 Å². The Balaban J connectivity index is 5.46. The summed E-state index contributed by atoms with van der Waals surface area (Å²) in [6, 6.07) is 0. The molecular weight excluding hydrogens is 1400 g/mol. The summed E-state index contributed by atoms with van der Waals surface area (Å²) in [5, 5.41) is 10.7. The van der Waals surface area contributed by atoms with E-state index >= 15 is 0 Å². The van der Waals surface area contributed by atoms with Crippen LogP contribution in [0.25, 0.3) is 0 Å². The zero-order valence-corrected chi connectivity index (χ0v) is 70.0. The number of ether oxygens (including phenoxy) is 4. The molecule has 0 fully saturated rings. The Morgan fingerprint density at radius 2 is 0.500 bits per heavy atom. The second-order valence-corrected chi connectivity index (χ2v) is 31.3. The molecular formula is C89H154O17P2. The Hall–Kier alpha value is -4.54. The molecule has 622 valence electrons. The van der Waals surface area contributed by atoms with Gasteiger partial charge in [0.15, 0.2) is 12.2 Å². The minimum absolute atomic E-state index is 0.0379. The Labute approximate surface area is 657 Å². The molecule has 0 saturated heterocycles. The van der Waals surface area contributed by atoms with Crippen LogP contribution in [0.5, 0.6) is 0 Å². The van der Waals surface area contributed by atoms with Crippen molar-refractivity contribution in [2.24, 2.45) is 0 Å². The maximum atomic E-state index is 13.1. The van der Waals surface area contributed by atoms with Gasteiger partial charge >= 0.3 is 39.5 Å². The average Bonchev–Trinajstić information content (AvgIpc) is 0.896. The first kappa shape index (κ1) is 103. The Morgan fingerprint density at radius 1 is 0.269 bits per heavy atom. The topological polar surface area (TPSA) is 237 Å². The molecule has 0 amide bonds. The molecule has 0 aromatic rings. The van der Waals surface area contributed by atoms with Gasteiger partial charge in [-0.1, -0.05) is 348 Å². The van der Waals surface area contributed by atoms with E-state index < -0.39 is 97.5 Å². The summed E-state index contributed by atoms with van der Waals surface area (Å²) in [5.41, 5.74) is 0. The zero-order valence-electron chi connectivity index (χ0n) is 68.2. The SMILES string of the molecule is CC/C=C\C/C=C\C/C=C\C/C=C\C/C=C\CCCCCC(=O)OC[C@H](COP(=O)(O)OC[C@@H](O)COP(=O)(O)OC[C@@H](COC(=O)CCCCCCCCCCCCCCCCC)OC(=O)CCCCCCCCCCCCCCCCC)OC(=O)CC/C=C\C/C=C\C/C=C\C/C=C\C/C=C\CCCCC. The fourth-order valence-corrected chi connectivity index (χ4v) is 13.0. The van der Waals surface area contributed by atoms with Gasteiger partial charge in [-0.25, -0.2) is 9.13 Å². The summed E-state index contributed by atoms with van der Waals surface area (Å²) in [7, 11) is -9.99. The number of hydrogen-bond donors (Lipinski definition) is 3. The molecule has 108 heavy (non-hydrogen) atoms. The second-order valence-electron chi connectivity index (χ2n) is 28.4. The smallest absolute Gasteiger partial charge is 0.462 e. The number of carbonyl (C=O) groups is 4.